The average Bonchev–Trinajstić information content (AvgIpc) is 2.18. The zero-order valence-electron chi connectivity index (χ0n) is 9.85. The minimum atomic E-state index is -3.31. The van der Waals surface area contributed by atoms with E-state index in [1.165, 1.54) is 18.4 Å². The van der Waals surface area contributed by atoms with E-state index in [9.17, 15) is 8.42 Å². The smallest absolute Gasteiger partial charge is 0.279 e. The van der Waals surface area contributed by atoms with Crippen LogP contribution >= 0.6 is 12.4 Å². The van der Waals surface area contributed by atoms with Crippen LogP contribution in [0.1, 0.15) is 25.7 Å². The van der Waals surface area contributed by atoms with Gasteiger partial charge in [-0.2, -0.15) is 17.4 Å². The summed E-state index contributed by atoms with van der Waals surface area (Å²) in [4.78, 5) is 0. The van der Waals surface area contributed by atoms with Crippen LogP contribution in [0.4, 0.5) is 0 Å². The number of rotatable bonds is 4. The third-order valence-corrected chi connectivity index (χ3v) is 4.55. The van der Waals surface area contributed by atoms with Crippen molar-refractivity contribution >= 4 is 22.6 Å². The van der Waals surface area contributed by atoms with Crippen LogP contribution in [-0.2, 0) is 10.2 Å². The van der Waals surface area contributed by atoms with E-state index in [-0.39, 0.29) is 24.4 Å². The first kappa shape index (κ1) is 16.1. The van der Waals surface area contributed by atoms with Gasteiger partial charge in [0, 0.05) is 20.1 Å². The number of halogens is 1. The third-order valence-electron chi connectivity index (χ3n) is 2.99. The number of hydrogen-bond acceptors (Lipinski definition) is 3. The summed E-state index contributed by atoms with van der Waals surface area (Å²) in [6, 6.07) is 0.0103. The van der Waals surface area contributed by atoms with Crippen LogP contribution in [0.25, 0.3) is 0 Å². The lowest BCUT2D eigenvalue weighted by molar-refractivity contribution is 0.292. The molecule has 0 aromatic rings. The topological polar surface area (TPSA) is 75.4 Å². The number of hydrogen-bond donors (Lipinski definition) is 2. The molecule has 3 N–H and O–H groups in total. The summed E-state index contributed by atoms with van der Waals surface area (Å²) in [7, 11) is -0.252. The average molecular weight is 272 g/mol. The Balaban J connectivity index is 0.00000225. The highest BCUT2D eigenvalue weighted by Gasteiger charge is 2.28. The van der Waals surface area contributed by atoms with Crippen LogP contribution in [-0.4, -0.2) is 39.4 Å². The van der Waals surface area contributed by atoms with Crippen molar-refractivity contribution in [2.24, 2.45) is 11.7 Å². The van der Waals surface area contributed by atoms with Gasteiger partial charge in [-0.15, -0.1) is 12.4 Å². The molecule has 0 saturated heterocycles. The van der Waals surface area contributed by atoms with E-state index in [0.29, 0.717) is 6.54 Å². The van der Waals surface area contributed by atoms with Crippen molar-refractivity contribution < 1.29 is 8.42 Å². The lowest BCUT2D eigenvalue weighted by Gasteiger charge is -2.31. The van der Waals surface area contributed by atoms with Crippen molar-refractivity contribution in [3.8, 4) is 0 Å². The van der Waals surface area contributed by atoms with Gasteiger partial charge in [0.25, 0.3) is 10.2 Å². The molecule has 2 atom stereocenters. The van der Waals surface area contributed by atoms with E-state index in [1.54, 1.807) is 0 Å². The summed E-state index contributed by atoms with van der Waals surface area (Å²) in [6.45, 7) is 0.556. The van der Waals surface area contributed by atoms with Crippen LogP contribution in [0.2, 0.25) is 0 Å². The van der Waals surface area contributed by atoms with E-state index in [0.717, 1.165) is 25.7 Å². The van der Waals surface area contributed by atoms with Crippen LogP contribution < -0.4 is 10.5 Å². The fourth-order valence-electron chi connectivity index (χ4n) is 1.94. The molecule has 0 aromatic carbocycles. The van der Waals surface area contributed by atoms with E-state index < -0.39 is 10.2 Å². The van der Waals surface area contributed by atoms with E-state index >= 15 is 0 Å². The van der Waals surface area contributed by atoms with Crippen LogP contribution in [0.3, 0.4) is 0 Å². The Morgan fingerprint density at radius 2 is 1.88 bits per heavy atom. The van der Waals surface area contributed by atoms with Crippen LogP contribution in [0.15, 0.2) is 0 Å². The first-order valence-electron chi connectivity index (χ1n) is 5.37. The molecule has 5 nitrogen and oxygen atoms in total. The SMILES string of the molecule is CN(C)S(=O)(=O)NC1CCCCC1CN.Cl. The Bertz CT molecular complexity index is 295. The van der Waals surface area contributed by atoms with E-state index in [2.05, 4.69) is 4.72 Å². The van der Waals surface area contributed by atoms with Gasteiger partial charge in [-0.1, -0.05) is 12.8 Å². The van der Waals surface area contributed by atoms with Gasteiger partial charge in [0.2, 0.25) is 0 Å². The second kappa shape index (κ2) is 6.76. The van der Waals surface area contributed by atoms with Crippen LogP contribution in [0.5, 0.6) is 0 Å². The van der Waals surface area contributed by atoms with Crippen molar-refractivity contribution in [1.82, 2.24) is 9.03 Å². The summed E-state index contributed by atoms with van der Waals surface area (Å²) in [6.07, 6.45) is 4.16. The minimum absolute atomic E-state index is 0. The first-order valence-corrected chi connectivity index (χ1v) is 6.81. The van der Waals surface area contributed by atoms with E-state index in [1.807, 2.05) is 0 Å². The fraction of sp³-hybridized carbons (Fsp3) is 1.00. The van der Waals surface area contributed by atoms with Gasteiger partial charge in [0.1, 0.15) is 0 Å². The molecule has 1 aliphatic rings. The Morgan fingerprint density at radius 1 is 1.31 bits per heavy atom. The van der Waals surface area contributed by atoms with E-state index in [4.69, 9.17) is 5.73 Å². The second-order valence-electron chi connectivity index (χ2n) is 4.29. The Morgan fingerprint density at radius 3 is 2.38 bits per heavy atom. The van der Waals surface area contributed by atoms with Crippen LogP contribution in [0, 0.1) is 5.92 Å². The number of nitrogens with zero attached hydrogens (tertiary/aromatic N) is 1. The molecular weight excluding hydrogens is 250 g/mol. The Hall–Kier alpha value is 0.120. The minimum Gasteiger partial charge on any atom is -0.330 e. The zero-order valence-corrected chi connectivity index (χ0v) is 11.5. The summed E-state index contributed by atoms with van der Waals surface area (Å²) in [5.41, 5.74) is 5.64. The van der Waals surface area contributed by atoms with Gasteiger partial charge in [0.15, 0.2) is 0 Å². The van der Waals surface area contributed by atoms with Gasteiger partial charge in [0.05, 0.1) is 0 Å². The summed E-state index contributed by atoms with van der Waals surface area (Å²) in [5, 5.41) is 0. The van der Waals surface area contributed by atoms with Gasteiger partial charge in [-0.25, -0.2) is 0 Å². The fourth-order valence-corrected chi connectivity index (χ4v) is 2.85. The molecule has 7 heteroatoms. The molecule has 0 amide bonds. The highest BCUT2D eigenvalue weighted by Crippen LogP contribution is 2.24. The largest absolute Gasteiger partial charge is 0.330 e. The molecule has 1 saturated carbocycles. The molecule has 0 bridgehead atoms. The lowest BCUT2D eigenvalue weighted by Crippen LogP contribution is -2.48. The maximum absolute atomic E-state index is 11.6. The molecule has 1 rings (SSSR count). The molecule has 2 unspecified atom stereocenters. The number of nitrogens with two attached hydrogens (primary N) is 1. The predicted molar refractivity (Wildman–Crippen MR) is 67.8 cm³/mol. The molecular formula is C9H22ClN3O2S. The molecule has 0 radical (unpaired) electrons. The lowest BCUT2D eigenvalue weighted by atomic mass is 9.85. The highest BCUT2D eigenvalue weighted by atomic mass is 35.5. The molecule has 16 heavy (non-hydrogen) atoms. The first-order chi connectivity index (χ1) is 6.97. The van der Waals surface area contributed by atoms with Crippen molar-refractivity contribution in [3.05, 3.63) is 0 Å². The van der Waals surface area contributed by atoms with Crippen molar-refractivity contribution in [1.29, 1.82) is 0 Å². The quantitative estimate of drug-likeness (QED) is 0.773. The number of nitrogens with one attached hydrogen (secondary N) is 1. The predicted octanol–water partition coefficient (Wildman–Crippen LogP) is 0.322. The standard InChI is InChI=1S/C9H21N3O2S.ClH/c1-12(2)15(13,14)11-9-6-4-3-5-8(9)7-10;/h8-9,11H,3-7,10H2,1-2H3;1H. The zero-order chi connectivity index (χ0) is 11.5. The summed E-state index contributed by atoms with van der Waals surface area (Å²) >= 11 is 0. The summed E-state index contributed by atoms with van der Waals surface area (Å²) in [5.74, 6) is 0.286. The van der Waals surface area contributed by atoms with Gasteiger partial charge in [-0.3, -0.25) is 0 Å². The molecule has 0 spiro atoms. The monoisotopic (exact) mass is 271 g/mol. The maximum atomic E-state index is 11.6. The van der Waals surface area contributed by atoms with Crippen molar-refractivity contribution in [2.45, 2.75) is 31.7 Å². The molecule has 0 aromatic heterocycles. The highest BCUT2D eigenvalue weighted by molar-refractivity contribution is 7.87. The van der Waals surface area contributed by atoms with Crippen molar-refractivity contribution in [3.63, 3.8) is 0 Å². The molecule has 0 aliphatic heterocycles. The molecule has 0 heterocycles. The third kappa shape index (κ3) is 4.18. The Kier molecular flexibility index (Phi) is 6.81. The van der Waals surface area contributed by atoms with Gasteiger partial charge >= 0.3 is 0 Å². The van der Waals surface area contributed by atoms with Crippen molar-refractivity contribution in [2.75, 3.05) is 20.6 Å². The second-order valence-corrected chi connectivity index (χ2v) is 6.21. The van der Waals surface area contributed by atoms with Gasteiger partial charge < -0.3 is 5.73 Å². The Labute approximate surface area is 104 Å². The normalized spacial score (nSPS) is 26.5. The molecule has 1 fully saturated rings. The summed E-state index contributed by atoms with van der Waals surface area (Å²) < 4.78 is 27.2. The molecule has 1 aliphatic carbocycles. The maximum Gasteiger partial charge on any atom is 0.279 e. The molecule has 98 valence electrons. The van der Waals surface area contributed by atoms with Gasteiger partial charge in [-0.05, 0) is 25.3 Å².